The molecular formula is C21H24N2O4S2. The molecule has 0 aliphatic carbocycles. The zero-order valence-electron chi connectivity index (χ0n) is 16.0. The minimum absolute atomic E-state index is 0.179. The van der Waals surface area contributed by atoms with Gasteiger partial charge in [0, 0.05) is 29.5 Å². The van der Waals surface area contributed by atoms with Crippen molar-refractivity contribution in [2.24, 2.45) is 0 Å². The standard InChI is InChI=1S/C21H24N2O4S2/c24-21(19-6-1-2-7-20(19)28-15-18-5-3-13-27-18)22-16-8-10-17(11-9-16)23-12-4-14-29(23,25)26/h1-2,6-11,18H,3-5,12-15H2,(H,22,24). The van der Waals surface area contributed by atoms with E-state index in [1.165, 1.54) is 4.31 Å². The minimum Gasteiger partial charge on any atom is -0.377 e. The smallest absolute Gasteiger partial charge is 0.256 e. The van der Waals surface area contributed by atoms with Crippen LogP contribution in [0.1, 0.15) is 29.6 Å². The molecule has 6 nitrogen and oxygen atoms in total. The summed E-state index contributed by atoms with van der Waals surface area (Å²) in [6.07, 6.45) is 3.06. The van der Waals surface area contributed by atoms with Gasteiger partial charge in [-0.2, -0.15) is 0 Å². The molecule has 1 unspecified atom stereocenters. The molecule has 2 saturated heterocycles. The number of nitrogens with zero attached hydrogens (tertiary/aromatic N) is 1. The van der Waals surface area contributed by atoms with E-state index in [1.54, 1.807) is 36.0 Å². The SMILES string of the molecule is O=C(Nc1ccc(N2CCCS2(=O)=O)cc1)c1ccccc1SCC1CCCO1. The number of sulfonamides is 1. The first-order chi connectivity index (χ1) is 14.0. The summed E-state index contributed by atoms with van der Waals surface area (Å²) < 4.78 is 31.2. The number of hydrogen-bond donors (Lipinski definition) is 1. The highest BCUT2D eigenvalue weighted by molar-refractivity contribution is 7.99. The highest BCUT2D eigenvalue weighted by Crippen LogP contribution is 2.28. The summed E-state index contributed by atoms with van der Waals surface area (Å²) >= 11 is 1.64. The molecule has 29 heavy (non-hydrogen) atoms. The van der Waals surface area contributed by atoms with Crippen LogP contribution in [0.3, 0.4) is 0 Å². The van der Waals surface area contributed by atoms with Gasteiger partial charge in [0.25, 0.3) is 5.91 Å². The maximum atomic E-state index is 12.8. The molecule has 0 saturated carbocycles. The Kier molecular flexibility index (Phi) is 6.12. The highest BCUT2D eigenvalue weighted by Gasteiger charge is 2.28. The van der Waals surface area contributed by atoms with Crippen LogP contribution in [-0.4, -0.2) is 45.1 Å². The predicted molar refractivity (Wildman–Crippen MR) is 116 cm³/mol. The molecule has 0 aromatic heterocycles. The Morgan fingerprint density at radius 1 is 1.14 bits per heavy atom. The normalized spacial score (nSPS) is 20.7. The van der Waals surface area contributed by atoms with Crippen LogP contribution in [0.2, 0.25) is 0 Å². The number of anilines is 2. The van der Waals surface area contributed by atoms with Crippen molar-refractivity contribution in [1.82, 2.24) is 0 Å². The topological polar surface area (TPSA) is 75.7 Å². The molecule has 0 bridgehead atoms. The average Bonchev–Trinajstić information content (AvgIpc) is 3.36. The van der Waals surface area contributed by atoms with Crippen LogP contribution >= 0.6 is 11.8 Å². The van der Waals surface area contributed by atoms with Gasteiger partial charge >= 0.3 is 0 Å². The maximum absolute atomic E-state index is 12.8. The Labute approximate surface area is 175 Å². The first-order valence-electron chi connectivity index (χ1n) is 9.78. The van der Waals surface area contributed by atoms with E-state index in [0.717, 1.165) is 30.1 Å². The van der Waals surface area contributed by atoms with E-state index in [0.29, 0.717) is 29.9 Å². The Morgan fingerprint density at radius 2 is 1.93 bits per heavy atom. The van der Waals surface area contributed by atoms with Gasteiger partial charge in [-0.15, -0.1) is 11.8 Å². The van der Waals surface area contributed by atoms with Crippen LogP contribution in [0.25, 0.3) is 0 Å². The lowest BCUT2D eigenvalue weighted by atomic mass is 10.2. The molecular weight excluding hydrogens is 408 g/mol. The number of rotatable bonds is 6. The molecule has 2 aliphatic heterocycles. The number of carbonyl (C=O) groups excluding carboxylic acids is 1. The molecule has 2 heterocycles. The molecule has 4 rings (SSSR count). The zero-order valence-corrected chi connectivity index (χ0v) is 17.7. The third kappa shape index (κ3) is 4.76. The van der Waals surface area contributed by atoms with Crippen LogP contribution < -0.4 is 9.62 Å². The highest BCUT2D eigenvalue weighted by atomic mass is 32.2. The maximum Gasteiger partial charge on any atom is 0.256 e. The lowest BCUT2D eigenvalue weighted by Crippen LogP contribution is -2.25. The Bertz CT molecular complexity index is 970. The van der Waals surface area contributed by atoms with Crippen molar-refractivity contribution in [3.8, 4) is 0 Å². The van der Waals surface area contributed by atoms with Gasteiger partial charge in [0.1, 0.15) is 0 Å². The molecule has 2 aromatic rings. The molecule has 0 radical (unpaired) electrons. The summed E-state index contributed by atoms with van der Waals surface area (Å²) in [5.41, 5.74) is 1.89. The van der Waals surface area contributed by atoms with E-state index in [-0.39, 0.29) is 17.8 Å². The number of amides is 1. The van der Waals surface area contributed by atoms with Gasteiger partial charge in [0.15, 0.2) is 0 Å². The van der Waals surface area contributed by atoms with Gasteiger partial charge in [0.2, 0.25) is 10.0 Å². The second-order valence-corrected chi connectivity index (χ2v) is 10.3. The lowest BCUT2D eigenvalue weighted by Gasteiger charge is -2.17. The summed E-state index contributed by atoms with van der Waals surface area (Å²) in [6.45, 7) is 1.32. The Morgan fingerprint density at radius 3 is 2.62 bits per heavy atom. The molecule has 1 amide bonds. The fraction of sp³-hybridized carbons (Fsp3) is 0.381. The first kappa shape index (κ1) is 20.3. The summed E-state index contributed by atoms with van der Waals surface area (Å²) in [4.78, 5) is 13.7. The van der Waals surface area contributed by atoms with Crippen molar-refractivity contribution >= 4 is 39.1 Å². The molecule has 154 valence electrons. The van der Waals surface area contributed by atoms with Crippen molar-refractivity contribution in [3.05, 3.63) is 54.1 Å². The molecule has 2 fully saturated rings. The minimum atomic E-state index is -3.21. The van der Waals surface area contributed by atoms with Crippen LogP contribution in [0.4, 0.5) is 11.4 Å². The van der Waals surface area contributed by atoms with E-state index in [9.17, 15) is 13.2 Å². The van der Waals surface area contributed by atoms with Crippen molar-refractivity contribution in [2.45, 2.75) is 30.3 Å². The number of thioether (sulfide) groups is 1. The molecule has 2 aromatic carbocycles. The largest absolute Gasteiger partial charge is 0.377 e. The fourth-order valence-electron chi connectivity index (χ4n) is 3.58. The third-order valence-corrected chi connectivity index (χ3v) is 8.17. The van der Waals surface area contributed by atoms with Gasteiger partial charge in [-0.25, -0.2) is 8.42 Å². The second kappa shape index (κ2) is 8.77. The van der Waals surface area contributed by atoms with Crippen molar-refractivity contribution in [3.63, 3.8) is 0 Å². The quantitative estimate of drug-likeness (QED) is 0.704. The number of ether oxygens (including phenoxy) is 1. The summed E-state index contributed by atoms with van der Waals surface area (Å²) in [6, 6.07) is 14.5. The van der Waals surface area contributed by atoms with Gasteiger partial charge in [-0.05, 0) is 55.7 Å². The molecule has 1 atom stereocenters. The summed E-state index contributed by atoms with van der Waals surface area (Å²) in [7, 11) is -3.21. The van der Waals surface area contributed by atoms with E-state index in [4.69, 9.17) is 4.74 Å². The van der Waals surface area contributed by atoms with Crippen LogP contribution in [0, 0.1) is 0 Å². The number of nitrogens with one attached hydrogen (secondary N) is 1. The van der Waals surface area contributed by atoms with E-state index < -0.39 is 10.0 Å². The Balaban J connectivity index is 1.43. The third-order valence-electron chi connectivity index (χ3n) is 5.09. The van der Waals surface area contributed by atoms with E-state index in [1.807, 2.05) is 24.3 Å². The second-order valence-electron chi connectivity index (χ2n) is 7.18. The van der Waals surface area contributed by atoms with Gasteiger partial charge in [0.05, 0.1) is 23.1 Å². The Hall–Kier alpha value is -2.03. The lowest BCUT2D eigenvalue weighted by molar-refractivity contribution is 0.102. The average molecular weight is 433 g/mol. The molecule has 1 N–H and O–H groups in total. The van der Waals surface area contributed by atoms with E-state index in [2.05, 4.69) is 5.32 Å². The van der Waals surface area contributed by atoms with Gasteiger partial charge in [-0.1, -0.05) is 12.1 Å². The van der Waals surface area contributed by atoms with Crippen molar-refractivity contribution in [2.75, 3.05) is 34.3 Å². The number of carbonyl (C=O) groups is 1. The predicted octanol–water partition coefficient (Wildman–Crippen LogP) is 3.75. The summed E-state index contributed by atoms with van der Waals surface area (Å²) in [5.74, 6) is 0.844. The number of benzene rings is 2. The van der Waals surface area contributed by atoms with Crippen LogP contribution in [0.15, 0.2) is 53.4 Å². The van der Waals surface area contributed by atoms with Crippen molar-refractivity contribution < 1.29 is 17.9 Å². The van der Waals surface area contributed by atoms with Gasteiger partial charge in [-0.3, -0.25) is 9.10 Å². The first-order valence-corrected chi connectivity index (χ1v) is 12.4. The van der Waals surface area contributed by atoms with Crippen LogP contribution in [0.5, 0.6) is 0 Å². The van der Waals surface area contributed by atoms with E-state index >= 15 is 0 Å². The molecule has 8 heteroatoms. The van der Waals surface area contributed by atoms with Crippen molar-refractivity contribution in [1.29, 1.82) is 0 Å². The van der Waals surface area contributed by atoms with Crippen LogP contribution in [-0.2, 0) is 14.8 Å². The summed E-state index contributed by atoms with van der Waals surface area (Å²) in [5, 5.41) is 2.91. The van der Waals surface area contributed by atoms with Gasteiger partial charge < -0.3 is 10.1 Å². The monoisotopic (exact) mass is 432 g/mol. The number of hydrogen-bond acceptors (Lipinski definition) is 5. The molecule has 0 spiro atoms. The fourth-order valence-corrected chi connectivity index (χ4v) is 6.26. The molecule has 2 aliphatic rings. The zero-order chi connectivity index (χ0) is 20.3.